The van der Waals surface area contributed by atoms with Crippen LogP contribution in [0.5, 0.6) is 11.5 Å². The highest BCUT2D eigenvalue weighted by Gasteiger charge is 2.54. The van der Waals surface area contributed by atoms with Crippen molar-refractivity contribution in [3.8, 4) is 61.8 Å². The van der Waals surface area contributed by atoms with Crippen molar-refractivity contribution in [2.75, 3.05) is 16.5 Å². The zero-order valence-corrected chi connectivity index (χ0v) is 49.4. The number of benzene rings is 10. The zero-order valence-electron chi connectivity index (χ0n) is 49.4. The highest BCUT2D eigenvalue weighted by molar-refractivity contribution is 6.17. The minimum Gasteiger partial charge on any atom is -0.457 e. The lowest BCUT2D eigenvalue weighted by Gasteiger charge is -2.31. The van der Waals surface area contributed by atoms with E-state index in [0.29, 0.717) is 6.67 Å². The van der Waals surface area contributed by atoms with Crippen LogP contribution < -0.4 is 14.5 Å². The van der Waals surface area contributed by atoms with Crippen molar-refractivity contribution in [3.05, 3.63) is 276 Å². The minimum absolute atomic E-state index is 0.0466. The largest absolute Gasteiger partial charge is 0.457 e. The Morgan fingerprint density at radius 1 is 0.429 bits per heavy atom. The molecular weight excluding hydrogens is 1020 g/mol. The number of fused-ring (bicyclic) bond motifs is 15. The van der Waals surface area contributed by atoms with Crippen LogP contribution in [0.3, 0.4) is 0 Å². The molecule has 0 N–H and O–H groups in total. The molecule has 0 saturated carbocycles. The fraction of sp³-hybridized carbons (Fsp3) is 0.177. The van der Waals surface area contributed by atoms with E-state index >= 15 is 0 Å². The van der Waals surface area contributed by atoms with Crippen molar-refractivity contribution >= 4 is 44.6 Å². The lowest BCUT2D eigenvalue weighted by molar-refractivity contribution is 0.484. The SMILES string of the molecule is CC(C)(C)c1cc(-c2cccc(-c3ccccc3)c2N2CN(c3cccc(Oc4cc5c(c6c4-c4ccccc4C64c6ccccc6-c6ccccc64)c4ccccc4n5-c4cc(C(C)(C)C)ccn4)c3)c3ccccc32)cc(C(C)(C)C)c1. The van der Waals surface area contributed by atoms with Crippen LogP contribution in [0.2, 0.25) is 0 Å². The molecule has 410 valence electrons. The van der Waals surface area contributed by atoms with Gasteiger partial charge in [-0.2, -0.15) is 0 Å². The third-order valence-corrected chi connectivity index (χ3v) is 18.2. The standard InChI is InChI=1S/C79H68N4O/c1-76(2,3)52-41-42-80-71(46-52)83-66-38-20-16-32-62(66)72-69(83)48-70(73-61-31-15-19-37-65(61)79(74(72)73)63-35-17-13-29-59(63)60-30-14-18-36-64(60)79)84-56-28-23-27-55(47-56)81-49-82(68-40-22-21-39-67(68)81)75-57(50-25-11-10-12-26-50)33-24-34-58(75)51-43-53(77(4,5)6)45-54(44-51)78(7,8)9/h10-48H,49H2,1-9H3. The number of aromatic nitrogens is 2. The van der Waals surface area contributed by atoms with Crippen LogP contribution in [-0.4, -0.2) is 16.2 Å². The number of ether oxygens (including phenoxy) is 1. The average Bonchev–Trinajstić information content (AvgIpc) is 1.50. The molecule has 0 saturated heterocycles. The van der Waals surface area contributed by atoms with E-state index in [-0.39, 0.29) is 16.2 Å². The summed E-state index contributed by atoms with van der Waals surface area (Å²) in [7, 11) is 0. The van der Waals surface area contributed by atoms with Gasteiger partial charge in [0.2, 0.25) is 0 Å². The molecule has 0 radical (unpaired) electrons. The molecule has 0 unspecified atom stereocenters. The second kappa shape index (κ2) is 18.8. The zero-order chi connectivity index (χ0) is 57.4. The molecule has 15 rings (SSSR count). The molecule has 2 aliphatic carbocycles. The lowest BCUT2D eigenvalue weighted by Crippen LogP contribution is -2.26. The van der Waals surface area contributed by atoms with Gasteiger partial charge in [0, 0.05) is 51.5 Å². The maximum absolute atomic E-state index is 7.69. The average molecular weight is 1090 g/mol. The Bertz CT molecular complexity index is 4560. The van der Waals surface area contributed by atoms with Crippen molar-refractivity contribution in [2.24, 2.45) is 0 Å². The van der Waals surface area contributed by atoms with E-state index in [9.17, 15) is 0 Å². The van der Waals surface area contributed by atoms with E-state index in [1.807, 2.05) is 6.20 Å². The van der Waals surface area contributed by atoms with Gasteiger partial charge < -0.3 is 14.5 Å². The molecule has 0 bridgehead atoms. The second-order valence-electron chi connectivity index (χ2n) is 26.4. The Balaban J connectivity index is 0.932. The number of nitrogens with zero attached hydrogens (tertiary/aromatic N) is 4. The predicted octanol–water partition coefficient (Wildman–Crippen LogP) is 20.8. The van der Waals surface area contributed by atoms with Gasteiger partial charge in [0.25, 0.3) is 0 Å². The topological polar surface area (TPSA) is 33.5 Å². The third kappa shape index (κ3) is 7.85. The number of para-hydroxylation sites is 4. The smallest absolute Gasteiger partial charge is 0.137 e. The molecule has 0 amide bonds. The van der Waals surface area contributed by atoms with Crippen LogP contribution in [0.25, 0.3) is 72.1 Å². The predicted molar refractivity (Wildman–Crippen MR) is 350 cm³/mol. The second-order valence-corrected chi connectivity index (χ2v) is 26.4. The first-order chi connectivity index (χ1) is 40.6. The van der Waals surface area contributed by atoms with Crippen molar-refractivity contribution in [3.63, 3.8) is 0 Å². The summed E-state index contributed by atoms with van der Waals surface area (Å²) in [6, 6.07) is 85.5. The van der Waals surface area contributed by atoms with Crippen LogP contribution >= 0.6 is 0 Å². The fourth-order valence-corrected chi connectivity index (χ4v) is 14.1. The highest BCUT2D eigenvalue weighted by atomic mass is 16.5. The molecule has 12 aromatic rings. The minimum atomic E-state index is -0.645. The maximum atomic E-state index is 7.69. The molecule has 5 heteroatoms. The van der Waals surface area contributed by atoms with Crippen LogP contribution in [0.15, 0.2) is 237 Å². The summed E-state index contributed by atoms with van der Waals surface area (Å²) in [6.07, 6.45) is 1.97. The van der Waals surface area contributed by atoms with Gasteiger partial charge >= 0.3 is 0 Å². The first-order valence-electron chi connectivity index (χ1n) is 29.7. The van der Waals surface area contributed by atoms with Gasteiger partial charge in [0.15, 0.2) is 0 Å². The summed E-state index contributed by atoms with van der Waals surface area (Å²) in [5, 5.41) is 2.39. The monoisotopic (exact) mass is 1090 g/mol. The van der Waals surface area contributed by atoms with Gasteiger partial charge in [-0.25, -0.2) is 4.98 Å². The van der Waals surface area contributed by atoms with Gasteiger partial charge in [-0.1, -0.05) is 238 Å². The van der Waals surface area contributed by atoms with E-state index < -0.39 is 5.41 Å². The number of hydrogen-bond donors (Lipinski definition) is 0. The van der Waals surface area contributed by atoms with Crippen LogP contribution in [-0.2, 0) is 21.7 Å². The Kier molecular flexibility index (Phi) is 11.5. The molecule has 1 spiro atoms. The molecule has 84 heavy (non-hydrogen) atoms. The first kappa shape index (κ1) is 51.4. The van der Waals surface area contributed by atoms with Gasteiger partial charge in [-0.05, 0) is 125 Å². The van der Waals surface area contributed by atoms with Crippen LogP contribution in [0, 0.1) is 0 Å². The highest BCUT2D eigenvalue weighted by Crippen LogP contribution is 2.67. The van der Waals surface area contributed by atoms with Gasteiger partial charge in [-0.15, -0.1) is 0 Å². The third-order valence-electron chi connectivity index (χ3n) is 18.2. The number of pyridine rings is 1. The van der Waals surface area contributed by atoms with E-state index in [0.717, 1.165) is 51.0 Å². The molecule has 0 fully saturated rings. The molecule has 5 nitrogen and oxygen atoms in total. The normalized spacial score (nSPS) is 14.0. The summed E-state index contributed by atoms with van der Waals surface area (Å²) in [5.74, 6) is 2.43. The van der Waals surface area contributed by atoms with E-state index in [2.05, 4.69) is 307 Å². The fourth-order valence-electron chi connectivity index (χ4n) is 14.1. The molecule has 2 aromatic heterocycles. The van der Waals surface area contributed by atoms with E-state index in [1.54, 1.807) is 0 Å². The molecule has 0 atom stereocenters. The van der Waals surface area contributed by atoms with E-state index in [1.165, 1.54) is 94.3 Å². The molecule has 1 aliphatic heterocycles. The summed E-state index contributed by atoms with van der Waals surface area (Å²) < 4.78 is 10.1. The van der Waals surface area contributed by atoms with Crippen molar-refractivity contribution in [2.45, 2.75) is 84.0 Å². The molecule has 3 heterocycles. The van der Waals surface area contributed by atoms with Crippen molar-refractivity contribution < 1.29 is 4.74 Å². The maximum Gasteiger partial charge on any atom is 0.137 e. The van der Waals surface area contributed by atoms with Crippen LogP contribution in [0.1, 0.15) is 101 Å². The van der Waals surface area contributed by atoms with Gasteiger partial charge in [-0.3, -0.25) is 4.57 Å². The quantitative estimate of drug-likeness (QED) is 0.159. The molecule has 10 aromatic carbocycles. The first-order valence-corrected chi connectivity index (χ1v) is 29.7. The van der Waals surface area contributed by atoms with Gasteiger partial charge in [0.05, 0.1) is 33.5 Å². The van der Waals surface area contributed by atoms with Crippen molar-refractivity contribution in [1.82, 2.24) is 9.55 Å². The van der Waals surface area contributed by atoms with E-state index in [4.69, 9.17) is 9.72 Å². The number of hydrogen-bond acceptors (Lipinski definition) is 4. The number of anilines is 4. The van der Waals surface area contributed by atoms with Gasteiger partial charge in [0.1, 0.15) is 24.0 Å². The van der Waals surface area contributed by atoms with Crippen LogP contribution in [0.4, 0.5) is 22.7 Å². The summed E-state index contributed by atoms with van der Waals surface area (Å²) in [4.78, 5) is 10.2. The Morgan fingerprint density at radius 2 is 0.976 bits per heavy atom. The molecule has 3 aliphatic rings. The Hall–Kier alpha value is -9.45. The summed E-state index contributed by atoms with van der Waals surface area (Å²) in [6.45, 7) is 21.4. The van der Waals surface area contributed by atoms with Crippen molar-refractivity contribution in [1.29, 1.82) is 0 Å². The summed E-state index contributed by atoms with van der Waals surface area (Å²) in [5.41, 5.74) is 24.4. The number of rotatable bonds is 7. The Labute approximate surface area is 494 Å². The summed E-state index contributed by atoms with van der Waals surface area (Å²) >= 11 is 0. The molecular formula is C79H68N4O. The lowest BCUT2D eigenvalue weighted by atomic mass is 9.69. The Morgan fingerprint density at radius 3 is 1.64 bits per heavy atom.